The summed E-state index contributed by atoms with van der Waals surface area (Å²) in [6, 6.07) is 11.7. The van der Waals surface area contributed by atoms with E-state index < -0.39 is 0 Å². The summed E-state index contributed by atoms with van der Waals surface area (Å²) in [7, 11) is 0. The largest absolute Gasteiger partial charge is 0.472 e. The Morgan fingerprint density at radius 2 is 2.10 bits per heavy atom. The zero-order chi connectivity index (χ0) is 14.5. The highest BCUT2D eigenvalue weighted by molar-refractivity contribution is 5.68. The van der Waals surface area contributed by atoms with Crippen molar-refractivity contribution in [2.75, 3.05) is 6.54 Å². The molecule has 1 aromatic carbocycles. The second kappa shape index (κ2) is 6.48. The maximum absolute atomic E-state index is 12.4. The molecule has 4 nitrogen and oxygen atoms in total. The van der Waals surface area contributed by atoms with Gasteiger partial charge in [0.1, 0.15) is 6.61 Å². The molecule has 1 atom stereocenters. The highest BCUT2D eigenvalue weighted by Gasteiger charge is 2.29. The number of benzene rings is 1. The van der Waals surface area contributed by atoms with Gasteiger partial charge in [-0.05, 0) is 30.9 Å². The van der Waals surface area contributed by atoms with Crippen molar-refractivity contribution in [1.82, 2.24) is 4.90 Å². The molecule has 21 heavy (non-hydrogen) atoms. The van der Waals surface area contributed by atoms with Crippen molar-refractivity contribution in [3.63, 3.8) is 0 Å². The van der Waals surface area contributed by atoms with Crippen LogP contribution in [0, 0.1) is 0 Å². The van der Waals surface area contributed by atoms with Crippen molar-refractivity contribution in [2.24, 2.45) is 0 Å². The van der Waals surface area contributed by atoms with Gasteiger partial charge in [-0.1, -0.05) is 30.3 Å². The molecule has 4 heteroatoms. The number of likely N-dealkylation sites (tertiary alicyclic amines) is 1. The normalized spacial score (nSPS) is 18.5. The molecule has 2 heterocycles. The first kappa shape index (κ1) is 13.7. The van der Waals surface area contributed by atoms with Crippen LogP contribution < -0.4 is 0 Å². The fraction of sp³-hybridized carbons (Fsp3) is 0.353. The minimum absolute atomic E-state index is 0.0702. The molecule has 0 saturated carbocycles. The van der Waals surface area contributed by atoms with E-state index in [1.54, 1.807) is 12.5 Å². The predicted octanol–water partition coefficient (Wildman–Crippen LogP) is 4.14. The fourth-order valence-corrected chi connectivity index (χ4v) is 2.76. The summed E-state index contributed by atoms with van der Waals surface area (Å²) in [4.78, 5) is 14.2. The first-order chi connectivity index (χ1) is 10.3. The van der Waals surface area contributed by atoms with Crippen LogP contribution in [-0.2, 0) is 11.3 Å². The fourth-order valence-electron chi connectivity index (χ4n) is 2.76. The number of ether oxygens (including phenoxy) is 1. The number of furan rings is 1. The summed E-state index contributed by atoms with van der Waals surface area (Å²) in [6.45, 7) is 1.05. The zero-order valence-electron chi connectivity index (χ0n) is 11.9. The maximum Gasteiger partial charge on any atom is 0.410 e. The average molecular weight is 285 g/mol. The van der Waals surface area contributed by atoms with Crippen LogP contribution in [0.2, 0.25) is 0 Å². The summed E-state index contributed by atoms with van der Waals surface area (Å²) >= 11 is 0. The Kier molecular flexibility index (Phi) is 4.24. The number of piperidine rings is 1. The van der Waals surface area contributed by atoms with Gasteiger partial charge in [0.2, 0.25) is 0 Å². The average Bonchev–Trinajstić information content (AvgIpc) is 3.08. The lowest BCUT2D eigenvalue weighted by molar-refractivity contribution is 0.0678. The van der Waals surface area contributed by atoms with Crippen molar-refractivity contribution in [1.29, 1.82) is 0 Å². The SMILES string of the molecule is O=C(OCc1ccccc1)N1CCCCC1c1ccoc1. The van der Waals surface area contributed by atoms with Crippen LogP contribution in [0.5, 0.6) is 0 Å². The first-order valence-electron chi connectivity index (χ1n) is 7.34. The smallest absolute Gasteiger partial charge is 0.410 e. The molecule has 0 radical (unpaired) electrons. The summed E-state index contributed by atoms with van der Waals surface area (Å²) in [5, 5.41) is 0. The van der Waals surface area contributed by atoms with Crippen LogP contribution in [-0.4, -0.2) is 17.5 Å². The molecule has 0 spiro atoms. The summed E-state index contributed by atoms with van der Waals surface area (Å²) in [5.74, 6) is 0. The molecule has 1 aliphatic rings. The van der Waals surface area contributed by atoms with E-state index in [-0.39, 0.29) is 12.1 Å². The Balaban J connectivity index is 1.64. The molecule has 1 amide bonds. The minimum atomic E-state index is -0.246. The molecule has 1 fully saturated rings. The first-order valence-corrected chi connectivity index (χ1v) is 7.34. The second-order valence-corrected chi connectivity index (χ2v) is 5.30. The van der Waals surface area contributed by atoms with Crippen LogP contribution >= 0.6 is 0 Å². The number of carbonyl (C=O) groups is 1. The molecule has 0 aliphatic carbocycles. The van der Waals surface area contributed by atoms with Gasteiger partial charge >= 0.3 is 6.09 Å². The van der Waals surface area contributed by atoms with E-state index in [1.807, 2.05) is 41.3 Å². The molecule has 1 unspecified atom stereocenters. The molecular weight excluding hydrogens is 266 g/mol. The minimum Gasteiger partial charge on any atom is -0.472 e. The lowest BCUT2D eigenvalue weighted by Gasteiger charge is -2.34. The van der Waals surface area contributed by atoms with E-state index in [2.05, 4.69) is 0 Å². The van der Waals surface area contributed by atoms with E-state index >= 15 is 0 Å². The van der Waals surface area contributed by atoms with E-state index in [9.17, 15) is 4.79 Å². The lowest BCUT2D eigenvalue weighted by atomic mass is 9.98. The highest BCUT2D eigenvalue weighted by Crippen LogP contribution is 2.31. The molecular formula is C17H19NO3. The van der Waals surface area contributed by atoms with Crippen LogP contribution in [0.1, 0.15) is 36.4 Å². The monoisotopic (exact) mass is 285 g/mol. The third-order valence-corrected chi connectivity index (χ3v) is 3.87. The molecule has 0 bridgehead atoms. The summed E-state index contributed by atoms with van der Waals surface area (Å²) in [6.07, 6.45) is 6.22. The molecule has 3 rings (SSSR count). The van der Waals surface area contributed by atoms with Crippen LogP contribution in [0.25, 0.3) is 0 Å². The maximum atomic E-state index is 12.4. The summed E-state index contributed by atoms with van der Waals surface area (Å²) < 4.78 is 10.6. The molecule has 1 saturated heterocycles. The Hall–Kier alpha value is -2.23. The van der Waals surface area contributed by atoms with Gasteiger partial charge in [-0.3, -0.25) is 0 Å². The van der Waals surface area contributed by atoms with E-state index in [4.69, 9.17) is 9.15 Å². The van der Waals surface area contributed by atoms with Crippen LogP contribution in [0.3, 0.4) is 0 Å². The topological polar surface area (TPSA) is 42.7 Å². The highest BCUT2D eigenvalue weighted by atomic mass is 16.6. The number of rotatable bonds is 3. The van der Waals surface area contributed by atoms with E-state index in [0.29, 0.717) is 6.61 Å². The number of carbonyl (C=O) groups excluding carboxylic acids is 1. The summed E-state index contributed by atoms with van der Waals surface area (Å²) in [5.41, 5.74) is 2.05. The zero-order valence-corrected chi connectivity index (χ0v) is 11.9. The van der Waals surface area contributed by atoms with Crippen LogP contribution in [0.15, 0.2) is 53.3 Å². The number of hydrogen-bond acceptors (Lipinski definition) is 3. The molecule has 1 aromatic heterocycles. The number of nitrogens with zero attached hydrogens (tertiary/aromatic N) is 1. The van der Waals surface area contributed by atoms with Gasteiger partial charge in [-0.15, -0.1) is 0 Å². The van der Waals surface area contributed by atoms with Gasteiger partial charge in [-0.25, -0.2) is 4.79 Å². The van der Waals surface area contributed by atoms with Gasteiger partial charge in [-0.2, -0.15) is 0 Å². The molecule has 110 valence electrons. The predicted molar refractivity (Wildman–Crippen MR) is 78.6 cm³/mol. The van der Waals surface area contributed by atoms with Gasteiger partial charge in [0.05, 0.1) is 18.6 Å². The van der Waals surface area contributed by atoms with E-state index in [0.717, 1.165) is 36.9 Å². The Morgan fingerprint density at radius 1 is 1.24 bits per heavy atom. The van der Waals surface area contributed by atoms with Gasteiger partial charge in [0, 0.05) is 12.1 Å². The van der Waals surface area contributed by atoms with E-state index in [1.165, 1.54) is 0 Å². The number of hydrogen-bond donors (Lipinski definition) is 0. The van der Waals surface area contributed by atoms with Crippen molar-refractivity contribution in [3.8, 4) is 0 Å². The second-order valence-electron chi connectivity index (χ2n) is 5.30. The van der Waals surface area contributed by atoms with Crippen molar-refractivity contribution in [3.05, 3.63) is 60.1 Å². The Bertz CT molecular complexity index is 565. The van der Waals surface area contributed by atoms with Crippen LogP contribution in [0.4, 0.5) is 4.79 Å². The standard InChI is InChI=1S/C17H19NO3/c19-17(21-12-14-6-2-1-3-7-14)18-10-5-4-8-16(18)15-9-11-20-13-15/h1-3,6-7,9,11,13,16H,4-5,8,10,12H2. The molecule has 2 aromatic rings. The third-order valence-electron chi connectivity index (χ3n) is 3.87. The van der Waals surface area contributed by atoms with Gasteiger partial charge in [0.15, 0.2) is 0 Å². The lowest BCUT2D eigenvalue weighted by Crippen LogP contribution is -2.38. The van der Waals surface area contributed by atoms with Crippen molar-refractivity contribution >= 4 is 6.09 Å². The van der Waals surface area contributed by atoms with Gasteiger partial charge < -0.3 is 14.1 Å². The Labute approximate surface area is 124 Å². The molecule has 1 aliphatic heterocycles. The third kappa shape index (κ3) is 3.27. The van der Waals surface area contributed by atoms with Gasteiger partial charge in [0.25, 0.3) is 0 Å². The Morgan fingerprint density at radius 3 is 2.86 bits per heavy atom. The van der Waals surface area contributed by atoms with Crippen molar-refractivity contribution in [2.45, 2.75) is 31.9 Å². The quantitative estimate of drug-likeness (QED) is 0.851. The van der Waals surface area contributed by atoms with Crippen molar-refractivity contribution < 1.29 is 13.9 Å². The number of amides is 1. The molecule has 0 N–H and O–H groups in total.